The standard InChI is InChI=1S/C17H26N2O.ClH/c1-3-4-5-14-8-10-16(11-9-14)19(2)17(20)13-18-12-15-6-7-15;/h8-11,15,18H,3-7,12-13H2,1-2H3;1H. The van der Waals surface area contributed by atoms with E-state index in [1.165, 1.54) is 31.2 Å². The van der Waals surface area contributed by atoms with Crippen molar-refractivity contribution in [1.29, 1.82) is 0 Å². The number of carbonyl (C=O) groups is 1. The fraction of sp³-hybridized carbons (Fsp3) is 0.588. The van der Waals surface area contributed by atoms with Crippen molar-refractivity contribution in [1.82, 2.24) is 5.32 Å². The molecule has 118 valence electrons. The fourth-order valence-electron chi connectivity index (χ4n) is 2.23. The normalized spacial score (nSPS) is 13.6. The first-order valence-corrected chi connectivity index (χ1v) is 7.77. The predicted molar refractivity (Wildman–Crippen MR) is 91.3 cm³/mol. The molecular weight excluding hydrogens is 284 g/mol. The number of likely N-dealkylation sites (N-methyl/N-ethyl adjacent to an activating group) is 1. The maximum atomic E-state index is 12.1. The summed E-state index contributed by atoms with van der Waals surface area (Å²) in [6.45, 7) is 3.62. The van der Waals surface area contributed by atoms with Gasteiger partial charge in [0.1, 0.15) is 0 Å². The molecule has 1 N–H and O–H groups in total. The average Bonchev–Trinajstić information content (AvgIpc) is 3.29. The molecule has 1 aliphatic rings. The number of nitrogens with zero attached hydrogens (tertiary/aromatic N) is 1. The molecule has 0 unspecified atom stereocenters. The van der Waals surface area contributed by atoms with Crippen molar-refractivity contribution in [3.63, 3.8) is 0 Å². The highest BCUT2D eigenvalue weighted by Crippen LogP contribution is 2.27. The van der Waals surface area contributed by atoms with Gasteiger partial charge < -0.3 is 10.2 Å². The first-order chi connectivity index (χ1) is 9.70. The van der Waals surface area contributed by atoms with Gasteiger partial charge in [-0.2, -0.15) is 0 Å². The number of hydrogen-bond acceptors (Lipinski definition) is 2. The van der Waals surface area contributed by atoms with Crippen LogP contribution in [0.5, 0.6) is 0 Å². The van der Waals surface area contributed by atoms with Crippen LogP contribution >= 0.6 is 12.4 Å². The van der Waals surface area contributed by atoms with Crippen LogP contribution in [0.1, 0.15) is 38.2 Å². The number of unbranched alkanes of at least 4 members (excludes halogenated alkanes) is 1. The molecule has 4 heteroatoms. The molecule has 0 saturated heterocycles. The topological polar surface area (TPSA) is 32.3 Å². The molecule has 1 saturated carbocycles. The molecule has 0 heterocycles. The summed E-state index contributed by atoms with van der Waals surface area (Å²) >= 11 is 0. The Hall–Kier alpha value is -1.06. The molecular formula is C17H27ClN2O. The van der Waals surface area contributed by atoms with Gasteiger partial charge in [0.05, 0.1) is 6.54 Å². The van der Waals surface area contributed by atoms with Crippen LogP contribution in [-0.2, 0) is 11.2 Å². The number of carbonyl (C=O) groups excluding carboxylic acids is 1. The molecule has 1 aromatic carbocycles. The van der Waals surface area contributed by atoms with Crippen LogP contribution in [0.3, 0.4) is 0 Å². The molecule has 1 aliphatic carbocycles. The van der Waals surface area contributed by atoms with E-state index in [9.17, 15) is 4.79 Å². The van der Waals surface area contributed by atoms with Crippen LogP contribution in [0, 0.1) is 5.92 Å². The monoisotopic (exact) mass is 310 g/mol. The van der Waals surface area contributed by atoms with Crippen LogP contribution in [-0.4, -0.2) is 26.0 Å². The third-order valence-corrected chi connectivity index (χ3v) is 3.92. The summed E-state index contributed by atoms with van der Waals surface area (Å²) in [4.78, 5) is 13.8. The maximum absolute atomic E-state index is 12.1. The number of benzene rings is 1. The third kappa shape index (κ3) is 6.06. The number of anilines is 1. The van der Waals surface area contributed by atoms with Crippen molar-refractivity contribution in [3.8, 4) is 0 Å². The summed E-state index contributed by atoms with van der Waals surface area (Å²) in [5.41, 5.74) is 2.33. The van der Waals surface area contributed by atoms with Gasteiger partial charge in [0.2, 0.25) is 5.91 Å². The molecule has 0 radical (unpaired) electrons. The van der Waals surface area contributed by atoms with Crippen LogP contribution in [0.2, 0.25) is 0 Å². The summed E-state index contributed by atoms with van der Waals surface area (Å²) in [6.07, 6.45) is 6.19. The van der Waals surface area contributed by atoms with Gasteiger partial charge in [0, 0.05) is 12.7 Å². The Balaban J connectivity index is 0.00000220. The first kappa shape index (κ1) is 18.0. The molecule has 2 rings (SSSR count). The van der Waals surface area contributed by atoms with Crippen molar-refractivity contribution in [3.05, 3.63) is 29.8 Å². The summed E-state index contributed by atoms with van der Waals surface area (Å²) in [5.74, 6) is 0.943. The lowest BCUT2D eigenvalue weighted by Crippen LogP contribution is -2.36. The molecule has 0 spiro atoms. The van der Waals surface area contributed by atoms with Gasteiger partial charge in [-0.25, -0.2) is 0 Å². The molecule has 0 bridgehead atoms. The molecule has 21 heavy (non-hydrogen) atoms. The van der Waals surface area contributed by atoms with Gasteiger partial charge in [-0.05, 0) is 55.8 Å². The minimum atomic E-state index is 0. The van der Waals surface area contributed by atoms with E-state index >= 15 is 0 Å². The minimum Gasteiger partial charge on any atom is -0.314 e. The van der Waals surface area contributed by atoms with Gasteiger partial charge in [0.25, 0.3) is 0 Å². The zero-order chi connectivity index (χ0) is 14.4. The quantitative estimate of drug-likeness (QED) is 0.798. The Morgan fingerprint density at radius 1 is 1.29 bits per heavy atom. The van der Waals surface area contributed by atoms with E-state index in [1.54, 1.807) is 4.90 Å². The number of aryl methyl sites for hydroxylation is 1. The molecule has 0 atom stereocenters. The summed E-state index contributed by atoms with van der Waals surface area (Å²) in [5, 5.41) is 3.25. The minimum absolute atomic E-state index is 0. The van der Waals surface area contributed by atoms with Gasteiger partial charge >= 0.3 is 0 Å². The van der Waals surface area contributed by atoms with Crippen molar-refractivity contribution in [2.24, 2.45) is 5.92 Å². The Labute approximate surface area is 134 Å². The number of amides is 1. The van der Waals surface area contributed by atoms with Crippen molar-refractivity contribution in [2.45, 2.75) is 39.0 Å². The predicted octanol–water partition coefficient (Wildman–Crippen LogP) is 3.41. The lowest BCUT2D eigenvalue weighted by molar-refractivity contribution is -0.117. The zero-order valence-electron chi connectivity index (χ0n) is 13.1. The molecule has 0 aliphatic heterocycles. The number of hydrogen-bond donors (Lipinski definition) is 1. The second-order valence-electron chi connectivity index (χ2n) is 5.80. The molecule has 1 aromatic rings. The average molecular weight is 311 g/mol. The highest BCUT2D eigenvalue weighted by molar-refractivity contribution is 5.94. The highest BCUT2D eigenvalue weighted by Gasteiger charge is 2.21. The van der Waals surface area contributed by atoms with Crippen molar-refractivity contribution in [2.75, 3.05) is 25.0 Å². The zero-order valence-corrected chi connectivity index (χ0v) is 13.9. The number of halogens is 1. The van der Waals surface area contributed by atoms with Crippen molar-refractivity contribution >= 4 is 24.0 Å². The summed E-state index contributed by atoms with van der Waals surface area (Å²) in [7, 11) is 1.85. The number of nitrogens with one attached hydrogen (secondary N) is 1. The van der Waals surface area contributed by atoms with Crippen LogP contribution in [0.25, 0.3) is 0 Å². The third-order valence-electron chi connectivity index (χ3n) is 3.92. The Morgan fingerprint density at radius 3 is 2.52 bits per heavy atom. The van der Waals surface area contributed by atoms with E-state index in [1.807, 2.05) is 19.2 Å². The van der Waals surface area contributed by atoms with E-state index in [0.29, 0.717) is 6.54 Å². The van der Waals surface area contributed by atoms with E-state index in [2.05, 4.69) is 24.4 Å². The Kier molecular flexibility index (Phi) is 7.76. The van der Waals surface area contributed by atoms with E-state index < -0.39 is 0 Å². The van der Waals surface area contributed by atoms with E-state index in [4.69, 9.17) is 0 Å². The smallest absolute Gasteiger partial charge is 0.240 e. The van der Waals surface area contributed by atoms with Crippen molar-refractivity contribution < 1.29 is 4.79 Å². The van der Waals surface area contributed by atoms with Crippen LogP contribution in [0.15, 0.2) is 24.3 Å². The maximum Gasteiger partial charge on any atom is 0.240 e. The SMILES string of the molecule is CCCCc1ccc(N(C)C(=O)CNCC2CC2)cc1.Cl. The van der Waals surface area contributed by atoms with Crippen LogP contribution in [0.4, 0.5) is 5.69 Å². The molecule has 3 nitrogen and oxygen atoms in total. The highest BCUT2D eigenvalue weighted by atomic mass is 35.5. The van der Waals surface area contributed by atoms with E-state index in [-0.39, 0.29) is 18.3 Å². The Bertz CT molecular complexity index is 429. The lowest BCUT2D eigenvalue weighted by Gasteiger charge is -2.18. The lowest BCUT2D eigenvalue weighted by atomic mass is 10.1. The second kappa shape index (κ2) is 9.06. The molecule has 1 fully saturated rings. The largest absolute Gasteiger partial charge is 0.314 e. The van der Waals surface area contributed by atoms with Gasteiger partial charge in [-0.3, -0.25) is 4.79 Å². The first-order valence-electron chi connectivity index (χ1n) is 7.77. The van der Waals surface area contributed by atoms with Crippen LogP contribution < -0.4 is 10.2 Å². The molecule has 0 aromatic heterocycles. The van der Waals surface area contributed by atoms with Gasteiger partial charge in [0.15, 0.2) is 0 Å². The second-order valence-corrected chi connectivity index (χ2v) is 5.80. The van der Waals surface area contributed by atoms with Gasteiger partial charge in [-0.1, -0.05) is 25.5 Å². The van der Waals surface area contributed by atoms with E-state index in [0.717, 1.165) is 24.6 Å². The fourth-order valence-corrected chi connectivity index (χ4v) is 2.23. The summed E-state index contributed by atoms with van der Waals surface area (Å²) < 4.78 is 0. The number of rotatable bonds is 8. The Morgan fingerprint density at radius 2 is 1.95 bits per heavy atom. The summed E-state index contributed by atoms with van der Waals surface area (Å²) in [6, 6.07) is 8.35. The van der Waals surface area contributed by atoms with Gasteiger partial charge in [-0.15, -0.1) is 12.4 Å². The molecule has 1 amide bonds.